The molecule has 1 aliphatic heterocycles. The second-order valence-corrected chi connectivity index (χ2v) is 6.83. The van der Waals surface area contributed by atoms with E-state index in [1.165, 1.54) is 0 Å². The number of benzene rings is 2. The maximum Gasteiger partial charge on any atom is 0.251 e. The predicted octanol–water partition coefficient (Wildman–Crippen LogP) is 2.76. The fourth-order valence-corrected chi connectivity index (χ4v) is 3.37. The molecule has 0 unspecified atom stereocenters. The quantitative estimate of drug-likeness (QED) is 0.740. The lowest BCUT2D eigenvalue weighted by Crippen LogP contribution is -2.24. The average Bonchev–Trinajstić information content (AvgIpc) is 3.15. The zero-order chi connectivity index (χ0) is 20.8. The highest BCUT2D eigenvalue weighted by Crippen LogP contribution is 2.38. The summed E-state index contributed by atoms with van der Waals surface area (Å²) in [4.78, 5) is 26.1. The van der Waals surface area contributed by atoms with Gasteiger partial charge in [0.25, 0.3) is 5.91 Å². The van der Waals surface area contributed by atoms with Crippen molar-refractivity contribution < 1.29 is 23.8 Å². The van der Waals surface area contributed by atoms with Crippen molar-refractivity contribution in [3.8, 4) is 17.2 Å². The minimum absolute atomic E-state index is 0.178. The summed E-state index contributed by atoms with van der Waals surface area (Å²) >= 11 is 0. The normalized spacial score (nSPS) is 13.3. The molecule has 0 radical (unpaired) electrons. The van der Waals surface area contributed by atoms with Crippen molar-refractivity contribution in [2.45, 2.75) is 25.9 Å². The topological polar surface area (TPSA) is 77.1 Å². The van der Waals surface area contributed by atoms with Crippen LogP contribution in [0.3, 0.4) is 0 Å². The van der Waals surface area contributed by atoms with Gasteiger partial charge >= 0.3 is 0 Å². The van der Waals surface area contributed by atoms with Crippen LogP contribution in [0.1, 0.15) is 34.3 Å². The number of hydrogen-bond acceptors (Lipinski definition) is 5. The molecule has 0 bridgehead atoms. The van der Waals surface area contributed by atoms with Gasteiger partial charge in [-0.2, -0.15) is 0 Å². The Morgan fingerprint density at radius 2 is 1.66 bits per heavy atom. The SMILES string of the molecule is COc1cc(CNC(=O)c2ccc(CN3CCCC3=O)cc2)cc(OC)c1OC. The van der Waals surface area contributed by atoms with Gasteiger partial charge < -0.3 is 24.4 Å². The van der Waals surface area contributed by atoms with E-state index in [0.717, 1.165) is 24.1 Å². The van der Waals surface area contributed by atoms with Crippen molar-refractivity contribution >= 4 is 11.8 Å². The molecule has 3 rings (SSSR count). The standard InChI is InChI=1S/C22H26N2O5/c1-27-18-11-16(12-19(28-2)21(18)29-3)13-23-22(26)17-8-6-15(7-9-17)14-24-10-4-5-20(24)25/h6-9,11-12H,4-5,10,13-14H2,1-3H3,(H,23,26). The van der Waals surface area contributed by atoms with Crippen LogP contribution in [0.2, 0.25) is 0 Å². The monoisotopic (exact) mass is 398 g/mol. The highest BCUT2D eigenvalue weighted by molar-refractivity contribution is 5.94. The Morgan fingerprint density at radius 3 is 2.17 bits per heavy atom. The van der Waals surface area contributed by atoms with Crippen LogP contribution in [0.25, 0.3) is 0 Å². The van der Waals surface area contributed by atoms with Gasteiger partial charge in [-0.05, 0) is 41.8 Å². The molecule has 29 heavy (non-hydrogen) atoms. The lowest BCUT2D eigenvalue weighted by atomic mass is 10.1. The third-order valence-electron chi connectivity index (χ3n) is 4.94. The molecule has 1 heterocycles. The summed E-state index contributed by atoms with van der Waals surface area (Å²) in [6.45, 7) is 1.71. The lowest BCUT2D eigenvalue weighted by Gasteiger charge is -2.16. The van der Waals surface area contributed by atoms with Crippen molar-refractivity contribution in [2.75, 3.05) is 27.9 Å². The number of nitrogens with one attached hydrogen (secondary N) is 1. The molecule has 7 nitrogen and oxygen atoms in total. The van der Waals surface area contributed by atoms with Crippen LogP contribution in [-0.4, -0.2) is 44.6 Å². The summed E-state index contributed by atoms with van der Waals surface area (Å²) in [5.74, 6) is 1.60. The van der Waals surface area contributed by atoms with Gasteiger partial charge in [0, 0.05) is 31.6 Å². The fourth-order valence-electron chi connectivity index (χ4n) is 3.37. The molecule has 0 aromatic heterocycles. The van der Waals surface area contributed by atoms with E-state index in [9.17, 15) is 9.59 Å². The van der Waals surface area contributed by atoms with Gasteiger partial charge in [-0.25, -0.2) is 0 Å². The molecule has 2 aromatic carbocycles. The zero-order valence-electron chi connectivity index (χ0n) is 17.0. The molecular weight excluding hydrogens is 372 g/mol. The van der Waals surface area contributed by atoms with Gasteiger partial charge in [-0.1, -0.05) is 12.1 Å². The molecule has 1 aliphatic rings. The van der Waals surface area contributed by atoms with E-state index in [1.807, 2.05) is 17.0 Å². The van der Waals surface area contributed by atoms with Gasteiger partial charge in [-0.15, -0.1) is 0 Å². The van der Waals surface area contributed by atoms with E-state index >= 15 is 0 Å². The zero-order valence-corrected chi connectivity index (χ0v) is 17.0. The fraction of sp³-hybridized carbons (Fsp3) is 0.364. The van der Waals surface area contributed by atoms with Gasteiger partial charge in [0.15, 0.2) is 11.5 Å². The van der Waals surface area contributed by atoms with Crippen LogP contribution in [0, 0.1) is 0 Å². The lowest BCUT2D eigenvalue weighted by molar-refractivity contribution is -0.128. The van der Waals surface area contributed by atoms with E-state index < -0.39 is 0 Å². The van der Waals surface area contributed by atoms with Crippen LogP contribution < -0.4 is 19.5 Å². The molecule has 0 aliphatic carbocycles. The number of carbonyl (C=O) groups excluding carboxylic acids is 2. The van der Waals surface area contributed by atoms with Gasteiger partial charge in [-0.3, -0.25) is 9.59 Å². The number of rotatable bonds is 8. The molecule has 1 fully saturated rings. The Kier molecular flexibility index (Phi) is 6.59. The molecule has 7 heteroatoms. The maximum atomic E-state index is 12.5. The average molecular weight is 398 g/mol. The third-order valence-corrected chi connectivity index (χ3v) is 4.94. The molecule has 2 amide bonds. The number of ether oxygens (including phenoxy) is 3. The summed E-state index contributed by atoms with van der Waals surface area (Å²) in [5, 5.41) is 2.90. The van der Waals surface area contributed by atoms with Crippen molar-refractivity contribution in [1.82, 2.24) is 10.2 Å². The summed E-state index contributed by atoms with van der Waals surface area (Å²) in [6.07, 6.45) is 1.54. The first-order chi connectivity index (χ1) is 14.0. The van der Waals surface area contributed by atoms with Gasteiger partial charge in [0.1, 0.15) is 0 Å². The van der Waals surface area contributed by atoms with Gasteiger partial charge in [0.05, 0.1) is 21.3 Å². The number of hydrogen-bond donors (Lipinski definition) is 1. The summed E-state index contributed by atoms with van der Waals surface area (Å²) in [6, 6.07) is 10.9. The molecular formula is C22H26N2O5. The Bertz CT molecular complexity index is 854. The first-order valence-corrected chi connectivity index (χ1v) is 9.49. The van der Waals surface area contributed by atoms with Crippen LogP contribution in [0.5, 0.6) is 17.2 Å². The van der Waals surface area contributed by atoms with Crippen LogP contribution in [-0.2, 0) is 17.9 Å². The van der Waals surface area contributed by atoms with Crippen LogP contribution in [0.4, 0.5) is 0 Å². The Balaban J connectivity index is 1.62. The summed E-state index contributed by atoms with van der Waals surface area (Å²) in [7, 11) is 4.65. The number of likely N-dealkylation sites (tertiary alicyclic amines) is 1. The summed E-state index contributed by atoms with van der Waals surface area (Å²) < 4.78 is 16.0. The number of methoxy groups -OCH3 is 3. The van der Waals surface area contributed by atoms with E-state index in [1.54, 1.807) is 45.6 Å². The first kappa shape index (κ1) is 20.5. The largest absolute Gasteiger partial charge is 0.493 e. The molecule has 1 saturated heterocycles. The minimum atomic E-state index is -0.178. The summed E-state index contributed by atoms with van der Waals surface area (Å²) in [5.41, 5.74) is 2.41. The van der Waals surface area contributed by atoms with E-state index in [-0.39, 0.29) is 11.8 Å². The van der Waals surface area contributed by atoms with E-state index in [0.29, 0.717) is 42.3 Å². The second kappa shape index (κ2) is 9.32. The first-order valence-electron chi connectivity index (χ1n) is 9.49. The third kappa shape index (κ3) is 4.80. The van der Waals surface area contributed by atoms with Crippen molar-refractivity contribution in [3.63, 3.8) is 0 Å². The molecule has 0 atom stereocenters. The van der Waals surface area contributed by atoms with Crippen LogP contribution in [0.15, 0.2) is 36.4 Å². The van der Waals surface area contributed by atoms with E-state index in [4.69, 9.17) is 14.2 Å². The molecule has 0 saturated carbocycles. The van der Waals surface area contributed by atoms with Crippen molar-refractivity contribution in [2.24, 2.45) is 0 Å². The molecule has 154 valence electrons. The highest BCUT2D eigenvalue weighted by atomic mass is 16.5. The Morgan fingerprint density at radius 1 is 1.00 bits per heavy atom. The predicted molar refractivity (Wildman–Crippen MR) is 108 cm³/mol. The van der Waals surface area contributed by atoms with Crippen molar-refractivity contribution in [1.29, 1.82) is 0 Å². The Hall–Kier alpha value is -3.22. The van der Waals surface area contributed by atoms with Gasteiger partial charge in [0.2, 0.25) is 11.7 Å². The van der Waals surface area contributed by atoms with Crippen LogP contribution >= 0.6 is 0 Å². The van der Waals surface area contributed by atoms with Crippen molar-refractivity contribution in [3.05, 3.63) is 53.1 Å². The minimum Gasteiger partial charge on any atom is -0.493 e. The van der Waals surface area contributed by atoms with E-state index in [2.05, 4.69) is 5.32 Å². The molecule has 2 aromatic rings. The number of amides is 2. The number of nitrogens with zero attached hydrogens (tertiary/aromatic N) is 1. The number of carbonyl (C=O) groups is 2. The smallest absolute Gasteiger partial charge is 0.251 e. The Labute approximate surface area is 170 Å². The maximum absolute atomic E-state index is 12.5. The molecule has 1 N–H and O–H groups in total. The highest BCUT2D eigenvalue weighted by Gasteiger charge is 2.20. The molecule has 0 spiro atoms. The second-order valence-electron chi connectivity index (χ2n) is 6.83.